The van der Waals surface area contributed by atoms with Crippen molar-refractivity contribution in [2.75, 3.05) is 7.11 Å². The number of carbonyl (C=O) groups excluding carboxylic acids is 1. The molecule has 6 nitrogen and oxygen atoms in total. The summed E-state index contributed by atoms with van der Waals surface area (Å²) in [6.45, 7) is 2.00. The number of hydrogen-bond acceptors (Lipinski definition) is 6. The summed E-state index contributed by atoms with van der Waals surface area (Å²) in [4.78, 5) is 18.1. The summed E-state index contributed by atoms with van der Waals surface area (Å²) in [5, 5.41) is 11.8. The van der Waals surface area contributed by atoms with Gasteiger partial charge in [0.25, 0.3) is 0 Å². The average Bonchev–Trinajstić information content (AvgIpc) is 3.49. The summed E-state index contributed by atoms with van der Waals surface area (Å²) in [5.74, 6) is -0.261. The van der Waals surface area contributed by atoms with Gasteiger partial charge in [-0.2, -0.15) is 5.26 Å². The summed E-state index contributed by atoms with van der Waals surface area (Å²) < 4.78 is 21.0. The van der Waals surface area contributed by atoms with Crippen molar-refractivity contribution < 1.29 is 13.7 Å². The second-order valence-electron chi connectivity index (χ2n) is 9.32. The Kier molecular flexibility index (Phi) is 6.18. The van der Waals surface area contributed by atoms with E-state index in [-0.39, 0.29) is 17.8 Å². The first-order valence-electron chi connectivity index (χ1n) is 12.2. The van der Waals surface area contributed by atoms with E-state index in [0.29, 0.717) is 15.3 Å². The minimum atomic E-state index is -1.59. The van der Waals surface area contributed by atoms with Gasteiger partial charge in [0, 0.05) is 22.9 Å². The average molecular weight is 538 g/mol. The van der Waals surface area contributed by atoms with E-state index in [1.54, 1.807) is 6.20 Å². The molecule has 3 aromatic heterocycles. The maximum absolute atomic E-state index is 14.2. The van der Waals surface area contributed by atoms with Crippen LogP contribution in [0, 0.1) is 24.2 Å². The first kappa shape index (κ1) is 24.3. The van der Waals surface area contributed by atoms with Crippen molar-refractivity contribution in [3.05, 3.63) is 94.3 Å². The Bertz CT molecular complexity index is 1760. The van der Waals surface area contributed by atoms with Crippen LogP contribution in [0.5, 0.6) is 0 Å². The third kappa shape index (κ3) is 4.05. The lowest BCUT2D eigenvalue weighted by atomic mass is 9.98. The summed E-state index contributed by atoms with van der Waals surface area (Å²) in [6, 6.07) is 23.7. The number of hydrogen-bond donors (Lipinski definition) is 0. The Morgan fingerprint density at radius 1 is 1.16 bits per heavy atom. The molecule has 0 N–H and O–H groups in total. The van der Waals surface area contributed by atoms with Gasteiger partial charge in [-0.1, -0.05) is 35.9 Å². The number of ether oxygens (including phenoxy) is 1. The SMILES string of the molecule is COC(=O)C1CC1c1cccc(-c2c(-c3ccsc3C#N)c3ncccc3n2S(=O)c2ccc(C)cc2)c1. The van der Waals surface area contributed by atoms with E-state index in [1.165, 1.54) is 18.4 Å². The molecule has 0 bridgehead atoms. The largest absolute Gasteiger partial charge is 0.469 e. The van der Waals surface area contributed by atoms with Crippen LogP contribution in [0.2, 0.25) is 0 Å². The summed E-state index contributed by atoms with van der Waals surface area (Å²) in [7, 11) is -0.169. The van der Waals surface area contributed by atoms with E-state index in [0.717, 1.165) is 45.4 Å². The standard InChI is InChI=1S/C30H23N3O3S2/c1-18-8-10-21(11-9-18)38(35)33-25-7-4-13-32-28(25)27(22-12-14-37-26(22)17-31)29(33)20-6-3-5-19(15-20)23-16-24(23)30(34)36-2/h3-15,23-24H,16H2,1-2H3. The fourth-order valence-corrected chi connectivity index (χ4v) is 6.98. The molecule has 0 spiro atoms. The number of benzene rings is 2. The molecule has 2 aromatic carbocycles. The highest BCUT2D eigenvalue weighted by molar-refractivity contribution is 7.83. The summed E-state index contributed by atoms with van der Waals surface area (Å²) in [6.07, 6.45) is 2.46. The smallest absolute Gasteiger partial charge is 0.309 e. The van der Waals surface area contributed by atoms with Crippen LogP contribution in [-0.4, -0.2) is 26.2 Å². The molecule has 6 rings (SSSR count). The number of thiophene rings is 1. The van der Waals surface area contributed by atoms with Crippen LogP contribution < -0.4 is 0 Å². The lowest BCUT2D eigenvalue weighted by Crippen LogP contribution is -2.07. The van der Waals surface area contributed by atoms with Crippen LogP contribution in [0.1, 0.15) is 28.3 Å². The monoisotopic (exact) mass is 537 g/mol. The normalized spacial score (nSPS) is 17.2. The van der Waals surface area contributed by atoms with Crippen molar-refractivity contribution in [3.63, 3.8) is 0 Å². The zero-order valence-corrected chi connectivity index (χ0v) is 22.4. The van der Waals surface area contributed by atoms with Gasteiger partial charge in [-0.05, 0) is 66.6 Å². The van der Waals surface area contributed by atoms with Crippen molar-refractivity contribution in [2.24, 2.45) is 5.92 Å². The fourth-order valence-electron chi connectivity index (χ4n) is 5.02. The van der Waals surface area contributed by atoms with Crippen molar-refractivity contribution in [1.82, 2.24) is 8.96 Å². The zero-order valence-electron chi connectivity index (χ0n) is 20.8. The van der Waals surface area contributed by atoms with Crippen LogP contribution in [0.4, 0.5) is 0 Å². The van der Waals surface area contributed by atoms with E-state index < -0.39 is 11.0 Å². The van der Waals surface area contributed by atoms with Gasteiger partial charge in [0.1, 0.15) is 10.9 Å². The third-order valence-corrected chi connectivity index (χ3v) is 9.19. The van der Waals surface area contributed by atoms with Crippen LogP contribution in [0.15, 0.2) is 83.2 Å². The maximum Gasteiger partial charge on any atom is 0.309 e. The second kappa shape index (κ2) is 9.67. The van der Waals surface area contributed by atoms with Gasteiger partial charge in [-0.25, -0.2) is 4.21 Å². The molecule has 38 heavy (non-hydrogen) atoms. The summed E-state index contributed by atoms with van der Waals surface area (Å²) >= 11 is 1.37. The number of fused-ring (bicyclic) bond motifs is 1. The van der Waals surface area contributed by atoms with E-state index in [1.807, 2.05) is 76.9 Å². The highest BCUT2D eigenvalue weighted by Crippen LogP contribution is 2.50. The molecule has 188 valence electrons. The van der Waals surface area contributed by atoms with Gasteiger partial charge in [0.15, 0.2) is 11.0 Å². The molecule has 8 heteroatoms. The van der Waals surface area contributed by atoms with Crippen molar-refractivity contribution >= 4 is 39.3 Å². The topological polar surface area (TPSA) is 85.0 Å². The molecule has 1 fully saturated rings. The molecular weight excluding hydrogens is 514 g/mol. The zero-order chi connectivity index (χ0) is 26.4. The molecule has 1 aliphatic carbocycles. The number of rotatable bonds is 6. The van der Waals surface area contributed by atoms with E-state index >= 15 is 0 Å². The molecule has 1 saturated carbocycles. The first-order valence-corrected chi connectivity index (χ1v) is 14.1. The van der Waals surface area contributed by atoms with E-state index in [9.17, 15) is 14.3 Å². The van der Waals surface area contributed by atoms with E-state index in [4.69, 9.17) is 9.72 Å². The molecule has 5 aromatic rings. The summed E-state index contributed by atoms with van der Waals surface area (Å²) in [5.41, 5.74) is 6.63. The van der Waals surface area contributed by atoms with Crippen molar-refractivity contribution in [3.8, 4) is 28.5 Å². The fraction of sp³-hybridized carbons (Fsp3) is 0.167. The molecule has 3 unspecified atom stereocenters. The molecule has 0 amide bonds. The number of nitriles is 1. The second-order valence-corrected chi connectivity index (χ2v) is 11.6. The number of esters is 1. The molecule has 0 aliphatic heterocycles. The Balaban J connectivity index is 1.63. The predicted octanol–water partition coefficient (Wildman–Crippen LogP) is 6.46. The van der Waals surface area contributed by atoms with Crippen LogP contribution in [0.3, 0.4) is 0 Å². The highest BCUT2D eigenvalue weighted by Gasteiger charge is 2.45. The Morgan fingerprint density at radius 3 is 2.74 bits per heavy atom. The molecule has 1 aliphatic rings. The van der Waals surface area contributed by atoms with Gasteiger partial charge < -0.3 is 4.74 Å². The molecule has 3 heterocycles. The lowest BCUT2D eigenvalue weighted by Gasteiger charge is -2.13. The highest BCUT2D eigenvalue weighted by atomic mass is 32.2. The molecule has 3 atom stereocenters. The maximum atomic E-state index is 14.2. The van der Waals surface area contributed by atoms with Gasteiger partial charge in [-0.15, -0.1) is 11.3 Å². The molecular formula is C30H23N3O3S2. The number of methoxy groups -OCH3 is 1. The van der Waals surface area contributed by atoms with Crippen LogP contribution >= 0.6 is 11.3 Å². The number of aryl methyl sites for hydroxylation is 1. The number of carbonyl (C=O) groups is 1. The quantitative estimate of drug-likeness (QED) is 0.232. The van der Waals surface area contributed by atoms with Crippen LogP contribution in [-0.2, 0) is 20.5 Å². The van der Waals surface area contributed by atoms with Gasteiger partial charge in [0.2, 0.25) is 0 Å². The Labute approximate surface area is 226 Å². The van der Waals surface area contributed by atoms with Crippen molar-refractivity contribution in [1.29, 1.82) is 5.26 Å². The van der Waals surface area contributed by atoms with Crippen LogP contribution in [0.25, 0.3) is 33.4 Å². The molecule has 0 radical (unpaired) electrons. The van der Waals surface area contributed by atoms with E-state index in [2.05, 4.69) is 12.1 Å². The minimum absolute atomic E-state index is 0.0835. The van der Waals surface area contributed by atoms with Gasteiger partial charge in [0.05, 0.1) is 34.7 Å². The van der Waals surface area contributed by atoms with Crippen molar-refractivity contribution in [2.45, 2.75) is 24.2 Å². The van der Waals surface area contributed by atoms with Gasteiger partial charge >= 0.3 is 5.97 Å². The Morgan fingerprint density at radius 2 is 1.97 bits per heavy atom. The number of nitrogens with zero attached hydrogens (tertiary/aromatic N) is 3. The molecule has 0 saturated heterocycles. The number of aromatic nitrogens is 2. The predicted molar refractivity (Wildman–Crippen MR) is 149 cm³/mol. The lowest BCUT2D eigenvalue weighted by molar-refractivity contribution is -0.142. The number of pyridine rings is 1. The third-order valence-electron chi connectivity index (χ3n) is 6.99. The first-order chi connectivity index (χ1) is 18.5. The Hall–Kier alpha value is -4.06. The minimum Gasteiger partial charge on any atom is -0.469 e. The van der Waals surface area contributed by atoms with Gasteiger partial charge in [-0.3, -0.25) is 13.8 Å².